The van der Waals surface area contributed by atoms with Crippen molar-refractivity contribution in [2.75, 3.05) is 25.4 Å². The summed E-state index contributed by atoms with van der Waals surface area (Å²) in [5.74, 6) is 1.05. The molecule has 0 radical (unpaired) electrons. The van der Waals surface area contributed by atoms with E-state index < -0.39 is 0 Å². The Morgan fingerprint density at radius 3 is 2.69 bits per heavy atom. The van der Waals surface area contributed by atoms with Gasteiger partial charge in [-0.05, 0) is 19.3 Å². The molecule has 0 aliphatic carbocycles. The highest BCUT2D eigenvalue weighted by molar-refractivity contribution is 8.22. The molecule has 0 aromatic carbocycles. The van der Waals surface area contributed by atoms with Gasteiger partial charge in [-0.3, -0.25) is 0 Å². The van der Waals surface area contributed by atoms with Gasteiger partial charge in [-0.25, -0.2) is 0 Å². The van der Waals surface area contributed by atoms with Crippen molar-refractivity contribution in [2.45, 2.75) is 25.4 Å². The second kappa shape index (κ2) is 4.62. The Kier molecular flexibility index (Phi) is 3.46. The predicted octanol–water partition coefficient (Wildman–Crippen LogP) is 1.89. The molecule has 0 saturated carbocycles. The number of piperidine rings is 1. The largest absolute Gasteiger partial charge is 0.372 e. The van der Waals surface area contributed by atoms with Crippen LogP contribution in [-0.2, 0) is 4.74 Å². The van der Waals surface area contributed by atoms with Gasteiger partial charge in [-0.2, -0.15) is 0 Å². The lowest BCUT2D eigenvalue weighted by Gasteiger charge is -2.28. The van der Waals surface area contributed by atoms with Gasteiger partial charge in [0.05, 0.1) is 12.7 Å². The van der Waals surface area contributed by atoms with Crippen molar-refractivity contribution in [1.29, 1.82) is 0 Å². The monoisotopic (exact) mass is 217 g/mol. The van der Waals surface area contributed by atoms with Crippen molar-refractivity contribution < 1.29 is 4.74 Å². The van der Waals surface area contributed by atoms with Gasteiger partial charge in [-0.1, -0.05) is 24.0 Å². The van der Waals surface area contributed by atoms with Gasteiger partial charge in [0.1, 0.15) is 4.32 Å². The first-order chi connectivity index (χ1) is 6.36. The second-order valence-corrected chi connectivity index (χ2v) is 5.23. The number of thiocarbonyl (C=S) groups is 1. The number of epoxide rings is 1. The maximum absolute atomic E-state index is 5.35. The van der Waals surface area contributed by atoms with E-state index in [4.69, 9.17) is 17.0 Å². The molecule has 2 nitrogen and oxygen atoms in total. The highest BCUT2D eigenvalue weighted by Gasteiger charge is 2.24. The van der Waals surface area contributed by atoms with Crippen LogP contribution in [-0.4, -0.2) is 40.8 Å². The van der Waals surface area contributed by atoms with Crippen LogP contribution in [0.4, 0.5) is 0 Å². The number of hydrogen-bond acceptors (Lipinski definition) is 3. The lowest BCUT2D eigenvalue weighted by molar-refractivity contribution is 0.352. The molecule has 0 aromatic rings. The minimum Gasteiger partial charge on any atom is -0.372 e. The molecule has 1 atom stereocenters. The zero-order chi connectivity index (χ0) is 9.10. The van der Waals surface area contributed by atoms with Gasteiger partial charge in [-0.15, -0.1) is 0 Å². The van der Waals surface area contributed by atoms with Crippen molar-refractivity contribution >= 4 is 28.3 Å². The average Bonchev–Trinajstić information content (AvgIpc) is 2.99. The fraction of sp³-hybridized carbons (Fsp3) is 0.889. The first-order valence-corrected chi connectivity index (χ1v) is 6.29. The maximum atomic E-state index is 5.35. The van der Waals surface area contributed by atoms with Crippen LogP contribution in [0.5, 0.6) is 0 Å². The summed E-state index contributed by atoms with van der Waals surface area (Å²) in [5.41, 5.74) is 0. The smallest absolute Gasteiger partial charge is 0.136 e. The van der Waals surface area contributed by atoms with Crippen LogP contribution < -0.4 is 0 Å². The molecule has 2 aliphatic rings. The highest BCUT2D eigenvalue weighted by atomic mass is 32.2. The summed E-state index contributed by atoms with van der Waals surface area (Å²) in [7, 11) is 0. The molecule has 0 amide bonds. The molecule has 0 N–H and O–H groups in total. The molecular weight excluding hydrogens is 202 g/mol. The molecule has 74 valence electrons. The van der Waals surface area contributed by atoms with Gasteiger partial charge in [0.2, 0.25) is 0 Å². The fourth-order valence-corrected chi connectivity index (χ4v) is 2.77. The van der Waals surface area contributed by atoms with E-state index in [9.17, 15) is 0 Å². The third-order valence-corrected chi connectivity index (χ3v) is 4.06. The Bertz CT molecular complexity index is 188. The van der Waals surface area contributed by atoms with Crippen LogP contribution in [0.2, 0.25) is 0 Å². The van der Waals surface area contributed by atoms with E-state index in [2.05, 4.69) is 4.90 Å². The molecule has 2 fully saturated rings. The van der Waals surface area contributed by atoms with Gasteiger partial charge in [0, 0.05) is 18.8 Å². The van der Waals surface area contributed by atoms with E-state index in [1.807, 2.05) is 0 Å². The fourth-order valence-electron chi connectivity index (χ4n) is 1.50. The lowest BCUT2D eigenvalue weighted by Crippen LogP contribution is -2.33. The van der Waals surface area contributed by atoms with Crippen molar-refractivity contribution in [1.82, 2.24) is 4.90 Å². The zero-order valence-corrected chi connectivity index (χ0v) is 9.33. The third kappa shape index (κ3) is 3.11. The van der Waals surface area contributed by atoms with Gasteiger partial charge in [0.25, 0.3) is 0 Å². The number of thioether (sulfide) groups is 1. The predicted molar refractivity (Wildman–Crippen MR) is 60.2 cm³/mol. The van der Waals surface area contributed by atoms with E-state index in [1.54, 1.807) is 11.8 Å². The van der Waals surface area contributed by atoms with Crippen molar-refractivity contribution in [2.24, 2.45) is 0 Å². The lowest BCUT2D eigenvalue weighted by atomic mass is 10.1. The Morgan fingerprint density at radius 2 is 2.08 bits per heavy atom. The summed E-state index contributed by atoms with van der Waals surface area (Å²) in [6.07, 6.45) is 4.48. The number of nitrogens with zero attached hydrogens (tertiary/aromatic N) is 1. The van der Waals surface area contributed by atoms with Crippen LogP contribution in [0, 0.1) is 0 Å². The Labute approximate surface area is 89.0 Å². The summed E-state index contributed by atoms with van der Waals surface area (Å²) in [6.45, 7) is 3.27. The minimum absolute atomic E-state index is 0.493. The van der Waals surface area contributed by atoms with E-state index >= 15 is 0 Å². The summed E-state index contributed by atoms with van der Waals surface area (Å²) >= 11 is 7.14. The van der Waals surface area contributed by atoms with Gasteiger partial charge >= 0.3 is 0 Å². The molecule has 0 aromatic heterocycles. The Morgan fingerprint density at radius 1 is 1.38 bits per heavy atom. The highest BCUT2D eigenvalue weighted by Crippen LogP contribution is 2.21. The molecule has 1 unspecified atom stereocenters. The number of rotatable bonds is 2. The van der Waals surface area contributed by atoms with Crippen molar-refractivity contribution in [3.8, 4) is 0 Å². The number of ether oxygens (including phenoxy) is 1. The molecule has 2 rings (SSSR count). The first kappa shape index (κ1) is 9.74. The number of hydrogen-bond donors (Lipinski definition) is 0. The zero-order valence-electron chi connectivity index (χ0n) is 7.70. The SMILES string of the molecule is S=C(SCC1CO1)N1CCCCC1. The summed E-state index contributed by atoms with van der Waals surface area (Å²) < 4.78 is 6.23. The average molecular weight is 217 g/mol. The second-order valence-electron chi connectivity index (χ2n) is 3.58. The van der Waals surface area contributed by atoms with Crippen molar-refractivity contribution in [3.05, 3.63) is 0 Å². The summed E-state index contributed by atoms with van der Waals surface area (Å²) in [5, 5.41) is 0. The normalized spacial score (nSPS) is 27.4. The minimum atomic E-state index is 0.493. The van der Waals surface area contributed by atoms with Crippen LogP contribution in [0.1, 0.15) is 19.3 Å². The van der Waals surface area contributed by atoms with E-state index in [-0.39, 0.29) is 0 Å². The quantitative estimate of drug-likeness (QED) is 0.518. The van der Waals surface area contributed by atoms with Crippen molar-refractivity contribution in [3.63, 3.8) is 0 Å². The maximum Gasteiger partial charge on any atom is 0.136 e. The Hall–Kier alpha value is 0.200. The van der Waals surface area contributed by atoms with Crippen LogP contribution in [0.15, 0.2) is 0 Å². The third-order valence-electron chi connectivity index (χ3n) is 2.41. The molecule has 2 heterocycles. The Balaban J connectivity index is 1.67. The van der Waals surface area contributed by atoms with Crippen LogP contribution in [0.25, 0.3) is 0 Å². The van der Waals surface area contributed by atoms with Crippen LogP contribution >= 0.6 is 24.0 Å². The molecular formula is C9H15NOS2. The van der Waals surface area contributed by atoms with Gasteiger partial charge in [0.15, 0.2) is 0 Å². The number of likely N-dealkylation sites (tertiary alicyclic amines) is 1. The standard InChI is InChI=1S/C9H15NOS2/c12-9(13-7-8-6-11-8)10-4-2-1-3-5-10/h8H,1-7H2. The molecule has 4 heteroatoms. The van der Waals surface area contributed by atoms with E-state index in [1.165, 1.54) is 19.3 Å². The summed E-state index contributed by atoms with van der Waals surface area (Å²) in [4.78, 5) is 2.34. The molecule has 13 heavy (non-hydrogen) atoms. The van der Waals surface area contributed by atoms with Gasteiger partial charge < -0.3 is 9.64 Å². The van der Waals surface area contributed by atoms with Crippen LogP contribution in [0.3, 0.4) is 0 Å². The summed E-state index contributed by atoms with van der Waals surface area (Å²) in [6, 6.07) is 0. The topological polar surface area (TPSA) is 15.8 Å². The van der Waals surface area contributed by atoms with E-state index in [0.717, 1.165) is 29.8 Å². The first-order valence-electron chi connectivity index (χ1n) is 4.89. The molecule has 2 saturated heterocycles. The molecule has 0 spiro atoms. The molecule has 0 bridgehead atoms. The van der Waals surface area contributed by atoms with E-state index in [0.29, 0.717) is 6.10 Å². The molecule has 2 aliphatic heterocycles.